The number of hydrogen-bond acceptors (Lipinski definition) is 20. The highest BCUT2D eigenvalue weighted by molar-refractivity contribution is 5.96. The van der Waals surface area contributed by atoms with Gasteiger partial charge in [-0.3, -0.25) is 33.6 Å². The summed E-state index contributed by atoms with van der Waals surface area (Å²) >= 11 is 0. The fourth-order valence-corrected chi connectivity index (χ4v) is 9.09. The predicted octanol–water partition coefficient (Wildman–Crippen LogP) is 0.378. The molecular weight excluding hydrogens is 1090 g/mol. The van der Waals surface area contributed by atoms with Gasteiger partial charge in [0.25, 0.3) is 0 Å². The first kappa shape index (κ1) is 79.6. The van der Waals surface area contributed by atoms with E-state index in [9.17, 15) is 48.8 Å². The topological polar surface area (TPSA) is 466 Å². The van der Waals surface area contributed by atoms with Crippen LogP contribution in [0.1, 0.15) is 196 Å². The van der Waals surface area contributed by atoms with Gasteiger partial charge in [-0.1, -0.05) is 16.7 Å². The zero-order chi connectivity index (χ0) is 64.1. The standard InChI is InChI=1S/C58H115N17O10/c1-41(74-84)57(3,4)67-38-29-43(30-39-68-58(5,6)42(2)75-85)28-37-65-50(77)26-19-27-51(78)69-44(40-76)20-12-18-36-66-53(80)46(22-8-14-32-60)71-55(82)48(24-10-16-34-62)73-56(83)49(25-11-17-35-63)72-54(81)47(23-9-15-33-61)70-52(79)45(64)21-7-13-31-59/h40,43-49,67-68,84-85H,7-39,59-64H2,1-6H3,(H,65,77)(H,66,80)(H,69,78)(H,70,79)(H,71,82)(H,72,81)(H,73,83)/b74-41-,75-42-/t44?,45-,46-,47?,48?,49-/m0/s1. The Morgan fingerprint density at radius 3 is 1.19 bits per heavy atom. The lowest BCUT2D eigenvalue weighted by Crippen LogP contribution is -2.58. The number of hydrogen-bond donors (Lipinski definition) is 17. The van der Waals surface area contributed by atoms with E-state index in [2.05, 4.69) is 58.2 Å². The maximum atomic E-state index is 14.1. The van der Waals surface area contributed by atoms with Gasteiger partial charge in [0.2, 0.25) is 41.4 Å². The molecule has 0 bridgehead atoms. The minimum Gasteiger partial charge on any atom is -0.411 e. The highest BCUT2D eigenvalue weighted by atomic mass is 16.4. The van der Waals surface area contributed by atoms with E-state index in [1.165, 1.54) is 0 Å². The average Bonchev–Trinajstić information content (AvgIpc) is 3.57. The van der Waals surface area contributed by atoms with E-state index >= 15 is 0 Å². The summed E-state index contributed by atoms with van der Waals surface area (Å²) < 4.78 is 0. The molecule has 0 saturated heterocycles. The second-order valence-electron chi connectivity index (χ2n) is 23.3. The maximum Gasteiger partial charge on any atom is 0.243 e. The number of amides is 7. The summed E-state index contributed by atoms with van der Waals surface area (Å²) in [6.45, 7) is 15.1. The normalized spacial score (nSPS) is 14.6. The van der Waals surface area contributed by atoms with E-state index in [0.29, 0.717) is 166 Å². The van der Waals surface area contributed by atoms with Gasteiger partial charge in [0.15, 0.2) is 0 Å². The van der Waals surface area contributed by atoms with Gasteiger partial charge in [-0.15, -0.1) is 0 Å². The molecule has 0 saturated carbocycles. The van der Waals surface area contributed by atoms with Gasteiger partial charge in [-0.2, -0.15) is 0 Å². The second-order valence-corrected chi connectivity index (χ2v) is 23.3. The van der Waals surface area contributed by atoms with Gasteiger partial charge in [-0.05, 0) is 228 Å². The first-order chi connectivity index (χ1) is 40.5. The van der Waals surface area contributed by atoms with Crippen LogP contribution in [0.25, 0.3) is 0 Å². The number of oxime groups is 2. The van der Waals surface area contributed by atoms with E-state index in [1.54, 1.807) is 13.8 Å². The van der Waals surface area contributed by atoms with Crippen molar-refractivity contribution in [2.45, 2.75) is 243 Å². The lowest BCUT2D eigenvalue weighted by molar-refractivity contribution is -0.135. The molecule has 0 spiro atoms. The van der Waals surface area contributed by atoms with Gasteiger partial charge in [0.05, 0.1) is 34.6 Å². The van der Waals surface area contributed by atoms with E-state index in [1.807, 2.05) is 27.7 Å². The van der Waals surface area contributed by atoms with Gasteiger partial charge in [0, 0.05) is 25.9 Å². The van der Waals surface area contributed by atoms with Crippen molar-refractivity contribution >= 4 is 59.1 Å². The van der Waals surface area contributed by atoms with Crippen LogP contribution in [0.4, 0.5) is 0 Å². The minimum atomic E-state index is -1.10. The monoisotopic (exact) mass is 1210 g/mol. The Kier molecular flexibility index (Phi) is 44.7. The number of rotatable bonds is 53. The Labute approximate surface area is 506 Å². The van der Waals surface area contributed by atoms with Crippen LogP contribution in [0.3, 0.4) is 0 Å². The molecule has 0 aliphatic heterocycles. The lowest BCUT2D eigenvalue weighted by Gasteiger charge is -2.28. The number of carbonyl (C=O) groups is 8. The summed E-state index contributed by atoms with van der Waals surface area (Å²) in [6.07, 6.45) is 11.5. The fraction of sp³-hybridized carbons (Fsp3) is 0.828. The number of nitrogens with zero attached hydrogens (tertiary/aromatic N) is 2. The van der Waals surface area contributed by atoms with E-state index < -0.39 is 76.9 Å². The van der Waals surface area contributed by atoms with Crippen LogP contribution in [-0.4, -0.2) is 176 Å². The Morgan fingerprint density at radius 2 is 0.788 bits per heavy atom. The average molecular weight is 1210 g/mol. The fourth-order valence-electron chi connectivity index (χ4n) is 9.09. The van der Waals surface area contributed by atoms with E-state index in [0.717, 1.165) is 12.8 Å². The molecule has 492 valence electrons. The lowest BCUT2D eigenvalue weighted by atomic mass is 9.94. The molecule has 85 heavy (non-hydrogen) atoms. The maximum absolute atomic E-state index is 14.1. The molecule has 0 radical (unpaired) electrons. The van der Waals surface area contributed by atoms with Crippen LogP contribution in [0.5, 0.6) is 0 Å². The van der Waals surface area contributed by atoms with Crippen molar-refractivity contribution in [3.05, 3.63) is 0 Å². The minimum absolute atomic E-state index is 0.0389. The van der Waals surface area contributed by atoms with Crippen molar-refractivity contribution in [1.82, 2.24) is 47.9 Å². The van der Waals surface area contributed by atoms with E-state index in [-0.39, 0.29) is 69.2 Å². The molecule has 0 rings (SSSR count). The summed E-state index contributed by atoms with van der Waals surface area (Å²) in [5.74, 6) is -3.13. The Hall–Kier alpha value is -5.42. The molecule has 27 nitrogen and oxygen atoms in total. The zero-order valence-corrected chi connectivity index (χ0v) is 52.5. The number of aldehydes is 1. The van der Waals surface area contributed by atoms with Gasteiger partial charge in [0.1, 0.15) is 30.5 Å². The molecule has 6 atom stereocenters. The van der Waals surface area contributed by atoms with Gasteiger partial charge < -0.3 is 97.5 Å². The van der Waals surface area contributed by atoms with Crippen molar-refractivity contribution in [3.8, 4) is 0 Å². The third-order valence-electron chi connectivity index (χ3n) is 15.4. The first-order valence-corrected chi connectivity index (χ1v) is 31.2. The predicted molar refractivity (Wildman–Crippen MR) is 333 cm³/mol. The van der Waals surface area contributed by atoms with Crippen molar-refractivity contribution < 1.29 is 48.8 Å². The molecule has 27 heteroatoms. The molecule has 0 aliphatic rings. The molecular formula is C58H115N17O10. The molecule has 3 unspecified atom stereocenters. The van der Waals surface area contributed by atoms with Crippen molar-refractivity contribution in [2.24, 2.45) is 50.6 Å². The second kappa shape index (κ2) is 47.7. The summed E-state index contributed by atoms with van der Waals surface area (Å²) in [5.41, 5.74) is 34.9. The van der Waals surface area contributed by atoms with Crippen LogP contribution < -0.4 is 82.3 Å². The van der Waals surface area contributed by atoms with Gasteiger partial charge >= 0.3 is 0 Å². The Balaban J connectivity index is 5.60. The van der Waals surface area contributed by atoms with Crippen molar-refractivity contribution in [3.63, 3.8) is 0 Å². The van der Waals surface area contributed by atoms with Crippen LogP contribution in [0, 0.1) is 5.92 Å². The number of nitrogens with two attached hydrogens (primary N) is 6. The Bertz CT molecular complexity index is 1940. The van der Waals surface area contributed by atoms with E-state index in [4.69, 9.17) is 34.4 Å². The zero-order valence-electron chi connectivity index (χ0n) is 52.5. The summed E-state index contributed by atoms with van der Waals surface area (Å²) in [6, 6.07) is -5.83. The summed E-state index contributed by atoms with van der Waals surface area (Å²) in [5, 5.41) is 51.9. The van der Waals surface area contributed by atoms with Gasteiger partial charge in [-0.25, -0.2) is 0 Å². The molecule has 7 amide bonds. The quantitative estimate of drug-likeness (QED) is 0.0129. The first-order valence-electron chi connectivity index (χ1n) is 31.2. The van der Waals surface area contributed by atoms with Crippen molar-refractivity contribution in [2.75, 3.05) is 58.9 Å². The van der Waals surface area contributed by atoms with Crippen molar-refractivity contribution in [1.29, 1.82) is 0 Å². The third kappa shape index (κ3) is 37.0. The highest BCUT2D eigenvalue weighted by Gasteiger charge is 2.32. The van der Waals surface area contributed by atoms with Crippen LogP contribution >= 0.6 is 0 Å². The molecule has 0 fully saturated rings. The number of unbranched alkanes of at least 4 members (excludes halogenated alkanes) is 6. The summed E-state index contributed by atoms with van der Waals surface area (Å²) in [4.78, 5) is 107. The van der Waals surface area contributed by atoms with Crippen LogP contribution in [0.2, 0.25) is 0 Å². The third-order valence-corrected chi connectivity index (χ3v) is 15.4. The SMILES string of the molecule is C/C(=N/O)C(C)(C)NCCC(CCNC(=O)CCCC(=O)NC(C=O)CCCCNC(=O)[C@H](CCCCN)NC(=O)C(CCCCN)NC(=O)[C@H](CCCCN)NC(=O)C(CCCCN)NC(=O)[C@@H](N)CCCCN)CCNC(C)(C)/C(C)=N\O. The largest absolute Gasteiger partial charge is 0.411 e. The molecule has 23 N–H and O–H groups in total. The smallest absolute Gasteiger partial charge is 0.243 e. The molecule has 0 aromatic rings. The van der Waals surface area contributed by atoms with Crippen LogP contribution in [0.15, 0.2) is 10.3 Å². The highest BCUT2D eigenvalue weighted by Crippen LogP contribution is 2.16. The number of carbonyl (C=O) groups excluding carboxylic acids is 8. The number of nitrogens with one attached hydrogen (secondary N) is 9. The Morgan fingerprint density at radius 1 is 0.424 bits per heavy atom. The molecule has 0 aromatic heterocycles. The molecule has 0 heterocycles. The molecule has 0 aliphatic carbocycles. The van der Waals surface area contributed by atoms with Crippen LogP contribution in [-0.2, 0) is 38.4 Å². The molecule has 0 aromatic carbocycles. The summed E-state index contributed by atoms with van der Waals surface area (Å²) in [7, 11) is 0.